The molecule has 0 radical (unpaired) electrons. The first-order valence-corrected chi connectivity index (χ1v) is 8.08. The van der Waals surface area contributed by atoms with Gasteiger partial charge in [-0.3, -0.25) is 20.2 Å². The molecule has 0 unspecified atom stereocenters. The Kier molecular flexibility index (Phi) is 4.55. The molecule has 6 heteroatoms. The number of hydrogen-bond acceptors (Lipinski definition) is 5. The molecule has 1 N–H and O–H groups in total. The second-order valence-electron chi connectivity index (χ2n) is 6.38. The van der Waals surface area contributed by atoms with Crippen LogP contribution in [0, 0.1) is 10.1 Å². The predicted molar refractivity (Wildman–Crippen MR) is 92.7 cm³/mol. The van der Waals surface area contributed by atoms with Crippen LogP contribution in [-0.4, -0.2) is 29.6 Å². The molecule has 0 amide bonds. The number of rotatable bonds is 4. The van der Waals surface area contributed by atoms with E-state index in [1.54, 1.807) is 6.92 Å². The van der Waals surface area contributed by atoms with Crippen LogP contribution < -0.4 is 5.32 Å². The predicted octanol–water partition coefficient (Wildman–Crippen LogP) is 2.69. The lowest BCUT2D eigenvalue weighted by Crippen LogP contribution is -2.45. The minimum absolute atomic E-state index is 0.279. The molecule has 1 aliphatic heterocycles. The summed E-state index contributed by atoms with van der Waals surface area (Å²) >= 11 is 0. The molecule has 0 aliphatic carbocycles. The van der Waals surface area contributed by atoms with Crippen LogP contribution in [0.1, 0.15) is 30.0 Å². The van der Waals surface area contributed by atoms with Crippen molar-refractivity contribution in [2.24, 2.45) is 0 Å². The van der Waals surface area contributed by atoms with Gasteiger partial charge in [-0.2, -0.15) is 0 Å². The summed E-state index contributed by atoms with van der Waals surface area (Å²) in [5.74, 6) is -1.15. The number of esters is 1. The van der Waals surface area contributed by atoms with Crippen LogP contribution in [0.4, 0.5) is 0 Å². The quantitative estimate of drug-likeness (QED) is 0.526. The van der Waals surface area contributed by atoms with E-state index in [0.29, 0.717) is 0 Å². The van der Waals surface area contributed by atoms with E-state index in [2.05, 4.69) is 5.32 Å². The van der Waals surface area contributed by atoms with E-state index >= 15 is 0 Å². The second kappa shape index (κ2) is 6.64. The van der Waals surface area contributed by atoms with Crippen LogP contribution >= 0.6 is 0 Å². The van der Waals surface area contributed by atoms with Gasteiger partial charge in [-0.05, 0) is 11.1 Å². The number of hydrogen-bond donors (Lipinski definition) is 1. The number of carbonyl (C=O) groups excluding carboxylic acids is 1. The van der Waals surface area contributed by atoms with Gasteiger partial charge in [0.25, 0.3) is 0 Å². The lowest BCUT2D eigenvalue weighted by Gasteiger charge is -2.28. The summed E-state index contributed by atoms with van der Waals surface area (Å²) in [5.41, 5.74) is 0.110. The molecule has 1 aliphatic rings. The highest BCUT2D eigenvalue weighted by Gasteiger charge is 2.64. The van der Waals surface area contributed by atoms with E-state index < -0.39 is 29.5 Å². The number of nitrogens with one attached hydrogen (secondary N) is 1. The molecule has 2 aromatic carbocycles. The Hall–Kier alpha value is -2.73. The molecule has 4 atom stereocenters. The number of nitrogens with zero attached hydrogens (tertiary/aromatic N) is 1. The number of nitro groups is 1. The van der Waals surface area contributed by atoms with Gasteiger partial charge in [-0.15, -0.1) is 0 Å². The number of benzene rings is 2. The zero-order valence-corrected chi connectivity index (χ0v) is 14.1. The van der Waals surface area contributed by atoms with Gasteiger partial charge in [0.1, 0.15) is 12.1 Å². The Morgan fingerprint density at radius 2 is 1.60 bits per heavy atom. The minimum atomic E-state index is -1.40. The van der Waals surface area contributed by atoms with Crippen LogP contribution in [0.15, 0.2) is 60.7 Å². The summed E-state index contributed by atoms with van der Waals surface area (Å²) in [5, 5.41) is 15.3. The van der Waals surface area contributed by atoms with Gasteiger partial charge in [0.15, 0.2) is 0 Å². The van der Waals surface area contributed by atoms with Gasteiger partial charge >= 0.3 is 5.97 Å². The van der Waals surface area contributed by atoms with Crippen molar-refractivity contribution in [3.05, 3.63) is 81.9 Å². The fourth-order valence-corrected chi connectivity index (χ4v) is 3.78. The zero-order valence-electron chi connectivity index (χ0n) is 14.1. The van der Waals surface area contributed by atoms with Gasteiger partial charge in [0.2, 0.25) is 5.54 Å². The second-order valence-corrected chi connectivity index (χ2v) is 6.38. The largest absolute Gasteiger partial charge is 0.468 e. The van der Waals surface area contributed by atoms with Crippen molar-refractivity contribution < 1.29 is 14.5 Å². The van der Waals surface area contributed by atoms with Gasteiger partial charge in [-0.25, -0.2) is 0 Å². The Balaban J connectivity index is 2.17. The maximum absolute atomic E-state index is 12.4. The van der Waals surface area contributed by atoms with Crippen molar-refractivity contribution in [2.45, 2.75) is 30.5 Å². The summed E-state index contributed by atoms with van der Waals surface area (Å²) in [4.78, 5) is 24.3. The van der Waals surface area contributed by atoms with E-state index in [0.717, 1.165) is 11.1 Å². The maximum atomic E-state index is 12.4. The van der Waals surface area contributed by atoms with E-state index in [1.165, 1.54) is 7.11 Å². The first-order valence-electron chi connectivity index (χ1n) is 8.08. The molecule has 2 aromatic rings. The molecule has 3 rings (SSSR count). The Labute approximate surface area is 146 Å². The van der Waals surface area contributed by atoms with Gasteiger partial charge < -0.3 is 4.74 Å². The fourth-order valence-electron chi connectivity index (χ4n) is 3.78. The molecule has 6 nitrogen and oxygen atoms in total. The average molecular weight is 340 g/mol. The smallest absolute Gasteiger partial charge is 0.323 e. The molecule has 1 heterocycles. The molecular weight excluding hydrogens is 320 g/mol. The lowest BCUT2D eigenvalue weighted by atomic mass is 9.75. The van der Waals surface area contributed by atoms with Gasteiger partial charge in [-0.1, -0.05) is 60.7 Å². The molecule has 0 bridgehead atoms. The molecule has 1 fully saturated rings. The minimum Gasteiger partial charge on any atom is -0.468 e. The highest BCUT2D eigenvalue weighted by molar-refractivity contribution is 5.78. The average Bonchev–Trinajstić information content (AvgIpc) is 2.97. The van der Waals surface area contributed by atoms with Crippen molar-refractivity contribution in [3.63, 3.8) is 0 Å². The van der Waals surface area contributed by atoms with E-state index in [9.17, 15) is 14.9 Å². The number of methoxy groups -OCH3 is 1. The molecule has 0 aromatic heterocycles. The van der Waals surface area contributed by atoms with Crippen molar-refractivity contribution in [2.75, 3.05) is 7.11 Å². The summed E-state index contributed by atoms with van der Waals surface area (Å²) < 4.78 is 4.92. The molecule has 0 saturated carbocycles. The maximum Gasteiger partial charge on any atom is 0.323 e. The van der Waals surface area contributed by atoms with Crippen molar-refractivity contribution in [1.82, 2.24) is 5.32 Å². The van der Waals surface area contributed by atoms with Gasteiger partial charge in [0.05, 0.1) is 13.0 Å². The van der Waals surface area contributed by atoms with Crippen LogP contribution in [-0.2, 0) is 9.53 Å². The van der Waals surface area contributed by atoms with Crippen LogP contribution in [0.25, 0.3) is 0 Å². The van der Waals surface area contributed by atoms with Crippen LogP contribution in [0.5, 0.6) is 0 Å². The van der Waals surface area contributed by atoms with Crippen LogP contribution in [0.3, 0.4) is 0 Å². The SMILES string of the molecule is COC(=O)[C@H]1N[C@@H](c2ccccc2)[C@@](C)([N+](=O)[O-])[C@@H]1c1ccccc1. The zero-order chi connectivity index (χ0) is 18.0. The van der Waals surface area contributed by atoms with Crippen LogP contribution in [0.2, 0.25) is 0 Å². The van der Waals surface area contributed by atoms with Gasteiger partial charge in [0, 0.05) is 11.8 Å². The molecule has 130 valence electrons. The monoisotopic (exact) mass is 340 g/mol. The van der Waals surface area contributed by atoms with Crippen molar-refractivity contribution >= 4 is 5.97 Å². The molecule has 0 spiro atoms. The normalized spacial score (nSPS) is 28.5. The highest BCUT2D eigenvalue weighted by atomic mass is 16.6. The number of carbonyl (C=O) groups is 1. The third-order valence-electron chi connectivity index (χ3n) is 5.03. The topological polar surface area (TPSA) is 81.5 Å². The van der Waals surface area contributed by atoms with E-state index in [-0.39, 0.29) is 4.92 Å². The standard InChI is InChI=1S/C19H20N2O4/c1-19(21(23)24)15(13-9-5-3-6-10-13)16(18(22)25-2)20-17(19)14-11-7-4-8-12-14/h3-12,15-17,20H,1-2H3/t15-,16+,17+,19+/m1/s1. The highest BCUT2D eigenvalue weighted by Crippen LogP contribution is 2.48. The summed E-state index contributed by atoms with van der Waals surface area (Å²) in [7, 11) is 1.30. The first kappa shape index (κ1) is 17.1. The summed E-state index contributed by atoms with van der Waals surface area (Å²) in [6, 6.07) is 16.9. The lowest BCUT2D eigenvalue weighted by molar-refractivity contribution is -0.571. The first-order chi connectivity index (χ1) is 12.0. The van der Waals surface area contributed by atoms with E-state index in [4.69, 9.17) is 4.74 Å². The number of ether oxygens (including phenoxy) is 1. The molecular formula is C19H20N2O4. The molecule has 1 saturated heterocycles. The Bertz CT molecular complexity index is 766. The van der Waals surface area contributed by atoms with Crippen molar-refractivity contribution in [1.29, 1.82) is 0 Å². The molecule has 25 heavy (non-hydrogen) atoms. The third kappa shape index (κ3) is 2.78. The van der Waals surface area contributed by atoms with E-state index in [1.807, 2.05) is 60.7 Å². The van der Waals surface area contributed by atoms with Crippen molar-refractivity contribution in [3.8, 4) is 0 Å². The third-order valence-corrected chi connectivity index (χ3v) is 5.03. The Morgan fingerprint density at radius 3 is 2.08 bits per heavy atom. The Morgan fingerprint density at radius 1 is 1.08 bits per heavy atom. The fraction of sp³-hybridized carbons (Fsp3) is 0.316. The summed E-state index contributed by atoms with van der Waals surface area (Å²) in [6.45, 7) is 1.60. The summed E-state index contributed by atoms with van der Waals surface area (Å²) in [6.07, 6.45) is 0.